The third-order valence-corrected chi connectivity index (χ3v) is 5.52. The molecule has 0 aliphatic rings. The quantitative estimate of drug-likeness (QED) is 0.418. The lowest BCUT2D eigenvalue weighted by atomic mass is 9.85. The molecule has 32 heavy (non-hydrogen) atoms. The standard InChI is InChI=1S/C27H24FN3O/c1-31(2)27(32)20-9-7-19(8-10-20)26-16-24(28)12-11-21(26)15-25(22-5-3-13-29-17-22)23-6-4-14-30-18-23/h3-14,16-18,25H,15H2,1-2H3. The van der Waals surface area contributed by atoms with Crippen molar-refractivity contribution in [2.75, 3.05) is 14.1 Å². The number of halogens is 1. The summed E-state index contributed by atoms with van der Waals surface area (Å²) in [5.41, 5.74) is 5.43. The third-order valence-electron chi connectivity index (χ3n) is 5.52. The molecule has 2 heterocycles. The minimum atomic E-state index is -0.295. The number of hydrogen-bond donors (Lipinski definition) is 0. The van der Waals surface area contributed by atoms with Crippen LogP contribution < -0.4 is 0 Å². The first-order valence-electron chi connectivity index (χ1n) is 10.4. The lowest BCUT2D eigenvalue weighted by Gasteiger charge is -2.20. The van der Waals surface area contributed by atoms with Crippen molar-refractivity contribution < 1.29 is 9.18 Å². The van der Waals surface area contributed by atoms with Gasteiger partial charge in [-0.15, -0.1) is 0 Å². The number of aromatic nitrogens is 2. The van der Waals surface area contributed by atoms with Crippen molar-refractivity contribution >= 4 is 5.91 Å². The van der Waals surface area contributed by atoms with E-state index in [-0.39, 0.29) is 17.6 Å². The number of pyridine rings is 2. The van der Waals surface area contributed by atoms with Crippen LogP contribution >= 0.6 is 0 Å². The van der Waals surface area contributed by atoms with E-state index in [0.29, 0.717) is 12.0 Å². The Kier molecular flexibility index (Phi) is 6.36. The van der Waals surface area contributed by atoms with Gasteiger partial charge in [0.05, 0.1) is 0 Å². The number of carbonyl (C=O) groups is 1. The minimum Gasteiger partial charge on any atom is -0.345 e. The summed E-state index contributed by atoms with van der Waals surface area (Å²) < 4.78 is 14.2. The minimum absolute atomic E-state index is 0.0243. The second-order valence-electron chi connectivity index (χ2n) is 7.91. The molecular weight excluding hydrogens is 401 g/mol. The molecule has 0 saturated carbocycles. The van der Waals surface area contributed by atoms with Gasteiger partial charge in [0.2, 0.25) is 0 Å². The van der Waals surface area contributed by atoms with Crippen molar-refractivity contribution in [3.8, 4) is 11.1 Å². The fraction of sp³-hybridized carbons (Fsp3) is 0.148. The molecule has 4 aromatic rings. The van der Waals surface area contributed by atoms with Gasteiger partial charge in [-0.2, -0.15) is 0 Å². The van der Waals surface area contributed by atoms with Gasteiger partial charge in [0.25, 0.3) is 5.91 Å². The molecule has 0 spiro atoms. The molecule has 0 aliphatic heterocycles. The van der Waals surface area contributed by atoms with Gasteiger partial charge in [-0.05, 0) is 70.6 Å². The van der Waals surface area contributed by atoms with Crippen molar-refractivity contribution in [1.82, 2.24) is 14.9 Å². The average Bonchev–Trinajstić information content (AvgIpc) is 2.84. The van der Waals surface area contributed by atoms with Crippen molar-refractivity contribution in [2.24, 2.45) is 0 Å². The van der Waals surface area contributed by atoms with E-state index in [1.807, 2.05) is 42.7 Å². The molecule has 0 aliphatic carbocycles. The molecule has 2 aromatic heterocycles. The molecule has 0 unspecified atom stereocenters. The zero-order valence-electron chi connectivity index (χ0n) is 18.1. The van der Waals surface area contributed by atoms with Crippen LogP contribution in [0.3, 0.4) is 0 Å². The zero-order chi connectivity index (χ0) is 22.5. The molecule has 2 aromatic carbocycles. The Labute approximate surface area is 187 Å². The fourth-order valence-corrected chi connectivity index (χ4v) is 3.86. The molecule has 4 nitrogen and oxygen atoms in total. The van der Waals surface area contributed by atoms with Crippen molar-refractivity contribution in [3.05, 3.63) is 120 Å². The van der Waals surface area contributed by atoms with Crippen LogP contribution in [-0.2, 0) is 6.42 Å². The smallest absolute Gasteiger partial charge is 0.253 e. The summed E-state index contributed by atoms with van der Waals surface area (Å²) in [4.78, 5) is 22.3. The Morgan fingerprint density at radius 3 is 2.06 bits per heavy atom. The van der Waals surface area contributed by atoms with Gasteiger partial charge < -0.3 is 4.90 Å². The summed E-state index contributed by atoms with van der Waals surface area (Å²) in [6.45, 7) is 0. The lowest BCUT2D eigenvalue weighted by Crippen LogP contribution is -2.21. The van der Waals surface area contributed by atoms with E-state index < -0.39 is 0 Å². The predicted molar refractivity (Wildman–Crippen MR) is 124 cm³/mol. The summed E-state index contributed by atoms with van der Waals surface area (Å²) in [7, 11) is 3.44. The maximum Gasteiger partial charge on any atom is 0.253 e. The van der Waals surface area contributed by atoms with E-state index in [9.17, 15) is 9.18 Å². The summed E-state index contributed by atoms with van der Waals surface area (Å²) in [6, 6.07) is 20.1. The molecule has 0 atom stereocenters. The topological polar surface area (TPSA) is 46.1 Å². The first kappa shape index (κ1) is 21.4. The monoisotopic (exact) mass is 425 g/mol. The van der Waals surface area contributed by atoms with Crippen LogP contribution in [0.2, 0.25) is 0 Å². The van der Waals surface area contributed by atoms with E-state index in [1.165, 1.54) is 11.0 Å². The van der Waals surface area contributed by atoms with Crippen LogP contribution in [-0.4, -0.2) is 34.9 Å². The van der Waals surface area contributed by atoms with E-state index in [4.69, 9.17) is 0 Å². The lowest BCUT2D eigenvalue weighted by molar-refractivity contribution is 0.0827. The molecule has 1 amide bonds. The Bertz CT molecular complexity index is 1150. The van der Waals surface area contributed by atoms with Crippen LogP contribution in [0.1, 0.15) is 33.0 Å². The SMILES string of the molecule is CN(C)C(=O)c1ccc(-c2cc(F)ccc2CC(c2cccnc2)c2cccnc2)cc1. The largest absolute Gasteiger partial charge is 0.345 e. The molecule has 0 radical (unpaired) electrons. The van der Waals surface area contributed by atoms with Gasteiger partial charge in [0.1, 0.15) is 5.82 Å². The predicted octanol–water partition coefficient (Wildman–Crippen LogP) is 5.36. The normalized spacial score (nSPS) is 10.9. The highest BCUT2D eigenvalue weighted by Gasteiger charge is 2.19. The number of nitrogens with zero attached hydrogens (tertiary/aromatic N) is 3. The Balaban J connectivity index is 1.73. The molecule has 0 fully saturated rings. The van der Waals surface area contributed by atoms with E-state index in [2.05, 4.69) is 22.1 Å². The molecule has 0 N–H and O–H groups in total. The second kappa shape index (κ2) is 9.52. The van der Waals surface area contributed by atoms with Crippen LogP contribution in [0.25, 0.3) is 11.1 Å². The highest BCUT2D eigenvalue weighted by atomic mass is 19.1. The highest BCUT2D eigenvalue weighted by molar-refractivity contribution is 5.94. The first-order valence-corrected chi connectivity index (χ1v) is 10.4. The van der Waals surface area contributed by atoms with Crippen molar-refractivity contribution in [3.63, 3.8) is 0 Å². The van der Waals surface area contributed by atoms with Gasteiger partial charge in [0, 0.05) is 50.4 Å². The van der Waals surface area contributed by atoms with Gasteiger partial charge >= 0.3 is 0 Å². The molecule has 0 bridgehead atoms. The fourth-order valence-electron chi connectivity index (χ4n) is 3.86. The average molecular weight is 426 g/mol. The molecular formula is C27H24FN3O. The summed E-state index contributed by atoms with van der Waals surface area (Å²) >= 11 is 0. The summed E-state index contributed by atoms with van der Waals surface area (Å²) in [6.07, 6.45) is 7.89. The summed E-state index contributed by atoms with van der Waals surface area (Å²) in [5, 5.41) is 0. The van der Waals surface area contributed by atoms with Crippen LogP contribution in [0.15, 0.2) is 91.5 Å². The van der Waals surface area contributed by atoms with Crippen LogP contribution in [0.4, 0.5) is 4.39 Å². The number of rotatable bonds is 6. The highest BCUT2D eigenvalue weighted by Crippen LogP contribution is 2.33. The van der Waals surface area contributed by atoms with Crippen molar-refractivity contribution in [1.29, 1.82) is 0 Å². The van der Waals surface area contributed by atoms with Gasteiger partial charge in [-0.3, -0.25) is 14.8 Å². The number of amides is 1. The zero-order valence-corrected chi connectivity index (χ0v) is 18.1. The Morgan fingerprint density at radius 2 is 1.53 bits per heavy atom. The maximum absolute atomic E-state index is 14.2. The van der Waals surface area contributed by atoms with Crippen molar-refractivity contribution in [2.45, 2.75) is 12.3 Å². The van der Waals surface area contributed by atoms with Crippen LogP contribution in [0.5, 0.6) is 0 Å². The summed E-state index contributed by atoms with van der Waals surface area (Å²) in [5.74, 6) is -0.336. The molecule has 5 heteroatoms. The van der Waals surface area contributed by atoms with E-state index >= 15 is 0 Å². The molecule has 0 saturated heterocycles. The second-order valence-corrected chi connectivity index (χ2v) is 7.91. The maximum atomic E-state index is 14.2. The number of carbonyl (C=O) groups excluding carboxylic acids is 1. The van der Waals surface area contributed by atoms with Crippen LogP contribution in [0, 0.1) is 5.82 Å². The third kappa shape index (κ3) is 4.72. The Hall–Kier alpha value is -3.86. The van der Waals surface area contributed by atoms with Gasteiger partial charge in [-0.1, -0.05) is 30.3 Å². The Morgan fingerprint density at radius 1 is 0.906 bits per heavy atom. The van der Waals surface area contributed by atoms with Gasteiger partial charge in [0.15, 0.2) is 0 Å². The molecule has 160 valence electrons. The number of hydrogen-bond acceptors (Lipinski definition) is 3. The number of benzene rings is 2. The van der Waals surface area contributed by atoms with E-state index in [1.54, 1.807) is 44.7 Å². The van der Waals surface area contributed by atoms with Gasteiger partial charge in [-0.25, -0.2) is 4.39 Å². The first-order chi connectivity index (χ1) is 15.5. The molecule has 4 rings (SSSR count). The van der Waals surface area contributed by atoms with E-state index in [0.717, 1.165) is 27.8 Å².